The SMILES string of the molecule is O=C1c2ccccc2N[C@@H](c2cccc(Cl)c2)N1c1ccc(N2CCOCC2)cc1. The van der Waals surface area contributed by atoms with Gasteiger partial charge in [0.25, 0.3) is 5.91 Å². The number of nitrogens with one attached hydrogen (secondary N) is 1. The smallest absolute Gasteiger partial charge is 0.262 e. The van der Waals surface area contributed by atoms with Crippen LogP contribution in [0.25, 0.3) is 0 Å². The van der Waals surface area contributed by atoms with Gasteiger partial charge in [-0.1, -0.05) is 35.9 Å². The molecule has 0 spiro atoms. The maximum Gasteiger partial charge on any atom is 0.262 e. The number of carbonyl (C=O) groups is 1. The third-order valence-corrected chi connectivity index (χ3v) is 5.83. The summed E-state index contributed by atoms with van der Waals surface area (Å²) in [5.41, 5.74) is 4.40. The number of ether oxygens (including phenoxy) is 1. The van der Waals surface area contributed by atoms with Crippen molar-refractivity contribution in [1.29, 1.82) is 0 Å². The standard InChI is InChI=1S/C24H22ClN3O2/c25-18-5-3-4-17(16-18)23-26-22-7-2-1-6-21(22)24(29)28(23)20-10-8-19(9-11-20)27-12-14-30-15-13-27/h1-11,16,23,26H,12-15H2/t23-/m1/s1. The molecule has 152 valence electrons. The number of carbonyl (C=O) groups excluding carboxylic acids is 1. The second kappa shape index (κ2) is 8.01. The molecule has 1 fully saturated rings. The van der Waals surface area contributed by atoms with Crippen LogP contribution >= 0.6 is 11.6 Å². The molecule has 30 heavy (non-hydrogen) atoms. The van der Waals surface area contributed by atoms with E-state index in [1.165, 1.54) is 0 Å². The van der Waals surface area contributed by atoms with Gasteiger partial charge >= 0.3 is 0 Å². The van der Waals surface area contributed by atoms with Gasteiger partial charge < -0.3 is 15.0 Å². The number of benzene rings is 3. The number of hydrogen-bond donors (Lipinski definition) is 1. The average molecular weight is 420 g/mol. The highest BCUT2D eigenvalue weighted by Crippen LogP contribution is 2.37. The number of nitrogens with zero attached hydrogens (tertiary/aromatic N) is 2. The summed E-state index contributed by atoms with van der Waals surface area (Å²) in [6, 6.07) is 23.4. The maximum absolute atomic E-state index is 13.5. The van der Waals surface area contributed by atoms with Crippen LogP contribution < -0.4 is 15.1 Å². The fraction of sp³-hybridized carbons (Fsp3) is 0.208. The van der Waals surface area contributed by atoms with E-state index in [2.05, 4.69) is 22.3 Å². The molecule has 2 aliphatic heterocycles. The van der Waals surface area contributed by atoms with E-state index in [1.807, 2.05) is 60.7 Å². The minimum atomic E-state index is -0.347. The van der Waals surface area contributed by atoms with Crippen LogP contribution in [0.1, 0.15) is 22.1 Å². The van der Waals surface area contributed by atoms with Crippen LogP contribution in [0.5, 0.6) is 0 Å². The van der Waals surface area contributed by atoms with Crippen LogP contribution in [0, 0.1) is 0 Å². The molecule has 2 heterocycles. The van der Waals surface area contributed by atoms with Gasteiger partial charge in [0, 0.05) is 35.2 Å². The number of hydrogen-bond acceptors (Lipinski definition) is 4. The Bertz CT molecular complexity index is 1060. The van der Waals surface area contributed by atoms with Crippen molar-refractivity contribution in [3.05, 3.63) is 88.9 Å². The van der Waals surface area contributed by atoms with Crippen LogP contribution in [0.15, 0.2) is 72.8 Å². The molecular weight excluding hydrogens is 398 g/mol. The molecule has 5 nitrogen and oxygen atoms in total. The Morgan fingerprint density at radius 2 is 1.63 bits per heavy atom. The first-order valence-corrected chi connectivity index (χ1v) is 10.5. The monoisotopic (exact) mass is 419 g/mol. The molecular formula is C24H22ClN3O2. The van der Waals surface area contributed by atoms with Gasteiger partial charge in [-0.2, -0.15) is 0 Å². The minimum absolute atomic E-state index is 0.0338. The highest BCUT2D eigenvalue weighted by molar-refractivity contribution is 6.30. The summed E-state index contributed by atoms with van der Waals surface area (Å²) in [5.74, 6) is -0.0338. The zero-order chi connectivity index (χ0) is 20.5. The van der Waals surface area contributed by atoms with Crippen LogP contribution in [-0.2, 0) is 4.74 Å². The fourth-order valence-corrected chi connectivity index (χ4v) is 4.27. The Hall–Kier alpha value is -3.02. The molecule has 6 heteroatoms. The summed E-state index contributed by atoms with van der Waals surface area (Å²) in [6.45, 7) is 3.23. The van der Waals surface area contributed by atoms with Gasteiger partial charge in [-0.05, 0) is 54.1 Å². The van der Waals surface area contributed by atoms with Crippen LogP contribution in [0.4, 0.5) is 17.1 Å². The molecule has 1 atom stereocenters. The van der Waals surface area contributed by atoms with Crippen molar-refractivity contribution >= 4 is 34.6 Å². The summed E-state index contributed by atoms with van der Waals surface area (Å²) in [4.78, 5) is 17.6. The molecule has 0 saturated carbocycles. The summed E-state index contributed by atoms with van der Waals surface area (Å²) >= 11 is 6.25. The number of amides is 1. The van der Waals surface area contributed by atoms with Crippen molar-refractivity contribution in [3.8, 4) is 0 Å². The molecule has 3 aromatic rings. The van der Waals surface area contributed by atoms with Crippen molar-refractivity contribution in [2.45, 2.75) is 6.17 Å². The molecule has 2 aliphatic rings. The number of anilines is 3. The van der Waals surface area contributed by atoms with Crippen molar-refractivity contribution < 1.29 is 9.53 Å². The largest absolute Gasteiger partial charge is 0.378 e. The molecule has 3 aromatic carbocycles. The van der Waals surface area contributed by atoms with E-state index in [0.717, 1.165) is 48.9 Å². The van der Waals surface area contributed by atoms with Crippen molar-refractivity contribution in [1.82, 2.24) is 0 Å². The summed E-state index contributed by atoms with van der Waals surface area (Å²) in [6.07, 6.45) is -0.347. The minimum Gasteiger partial charge on any atom is -0.378 e. The van der Waals surface area contributed by atoms with Gasteiger partial charge in [0.2, 0.25) is 0 Å². The number of fused-ring (bicyclic) bond motifs is 1. The number of rotatable bonds is 3. The normalized spacial score (nSPS) is 18.7. The zero-order valence-corrected chi connectivity index (χ0v) is 17.2. The third-order valence-electron chi connectivity index (χ3n) is 5.60. The quantitative estimate of drug-likeness (QED) is 0.652. The van der Waals surface area contributed by atoms with Crippen molar-refractivity contribution in [2.24, 2.45) is 0 Å². The molecule has 0 aromatic heterocycles. The van der Waals surface area contributed by atoms with Crippen molar-refractivity contribution in [2.75, 3.05) is 41.4 Å². The van der Waals surface area contributed by atoms with Crippen LogP contribution in [-0.4, -0.2) is 32.2 Å². The highest BCUT2D eigenvalue weighted by Gasteiger charge is 2.34. The first-order valence-electron chi connectivity index (χ1n) is 10.1. The first kappa shape index (κ1) is 19.0. The van der Waals surface area contributed by atoms with E-state index < -0.39 is 0 Å². The third kappa shape index (κ3) is 3.51. The predicted molar refractivity (Wildman–Crippen MR) is 121 cm³/mol. The topological polar surface area (TPSA) is 44.8 Å². The van der Waals surface area contributed by atoms with E-state index in [9.17, 15) is 4.79 Å². The Kier molecular flexibility index (Phi) is 5.07. The lowest BCUT2D eigenvalue weighted by Gasteiger charge is -2.38. The van der Waals surface area contributed by atoms with Crippen LogP contribution in [0.2, 0.25) is 5.02 Å². The highest BCUT2D eigenvalue weighted by atomic mass is 35.5. The van der Waals surface area contributed by atoms with Gasteiger partial charge in [-0.3, -0.25) is 9.69 Å². The first-order chi connectivity index (χ1) is 14.7. The van der Waals surface area contributed by atoms with Crippen molar-refractivity contribution in [3.63, 3.8) is 0 Å². The summed E-state index contributed by atoms with van der Waals surface area (Å²) in [5, 5.41) is 4.16. The van der Waals surface area contributed by atoms with Gasteiger partial charge in [-0.25, -0.2) is 0 Å². The Labute approximate surface area is 180 Å². The number of halogens is 1. The maximum atomic E-state index is 13.5. The lowest BCUT2D eigenvalue weighted by atomic mass is 10.0. The zero-order valence-electron chi connectivity index (χ0n) is 16.4. The van der Waals surface area contributed by atoms with E-state index in [4.69, 9.17) is 16.3 Å². The average Bonchev–Trinajstić information content (AvgIpc) is 2.80. The molecule has 1 saturated heterocycles. The molecule has 5 rings (SSSR count). The van der Waals surface area contributed by atoms with Gasteiger partial charge in [0.15, 0.2) is 0 Å². The molecule has 0 aliphatic carbocycles. The van der Waals surface area contributed by atoms with Gasteiger partial charge in [-0.15, -0.1) is 0 Å². The molecule has 0 radical (unpaired) electrons. The molecule has 0 bridgehead atoms. The summed E-state index contributed by atoms with van der Waals surface area (Å²) in [7, 11) is 0. The molecule has 1 amide bonds. The summed E-state index contributed by atoms with van der Waals surface area (Å²) < 4.78 is 5.45. The van der Waals surface area contributed by atoms with E-state index in [0.29, 0.717) is 10.6 Å². The van der Waals surface area contributed by atoms with Gasteiger partial charge in [0.05, 0.1) is 18.8 Å². The van der Waals surface area contributed by atoms with E-state index >= 15 is 0 Å². The van der Waals surface area contributed by atoms with E-state index in [-0.39, 0.29) is 12.1 Å². The fourth-order valence-electron chi connectivity index (χ4n) is 4.08. The Morgan fingerprint density at radius 3 is 2.40 bits per heavy atom. The second-order valence-electron chi connectivity index (χ2n) is 7.44. The molecule has 0 unspecified atom stereocenters. The van der Waals surface area contributed by atoms with Gasteiger partial charge in [0.1, 0.15) is 6.17 Å². The number of morpholine rings is 1. The molecule has 1 N–H and O–H groups in total. The Morgan fingerprint density at radius 1 is 0.900 bits per heavy atom. The second-order valence-corrected chi connectivity index (χ2v) is 7.87. The lowest BCUT2D eigenvalue weighted by molar-refractivity contribution is 0.0975. The predicted octanol–water partition coefficient (Wildman–Crippen LogP) is 4.95. The van der Waals surface area contributed by atoms with E-state index in [1.54, 1.807) is 4.90 Å². The Balaban J connectivity index is 1.54. The lowest BCUT2D eigenvalue weighted by Crippen LogP contribution is -2.43. The van der Waals surface area contributed by atoms with Crippen LogP contribution in [0.3, 0.4) is 0 Å². The number of para-hydroxylation sites is 1.